The summed E-state index contributed by atoms with van der Waals surface area (Å²) in [5.74, 6) is 0. The van der Waals surface area contributed by atoms with Gasteiger partial charge < -0.3 is 0 Å². The van der Waals surface area contributed by atoms with E-state index in [0.717, 1.165) is 0 Å². The summed E-state index contributed by atoms with van der Waals surface area (Å²) in [5, 5.41) is 0. The lowest BCUT2D eigenvalue weighted by Crippen LogP contribution is -2.26. The van der Waals surface area contributed by atoms with E-state index in [4.69, 9.17) is 0 Å². The van der Waals surface area contributed by atoms with Crippen LogP contribution in [0.1, 0.15) is 0 Å². The number of alkyl halides is 6. The van der Waals surface area contributed by atoms with Gasteiger partial charge in [-0.15, -0.1) is 4.20 Å². The van der Waals surface area contributed by atoms with Crippen LogP contribution in [0.5, 0.6) is 0 Å². The van der Waals surface area contributed by atoms with Gasteiger partial charge in [0, 0.05) is 0 Å². The van der Waals surface area contributed by atoms with E-state index in [1.807, 2.05) is 0 Å². The molecule has 15 heavy (non-hydrogen) atoms. The topological polar surface area (TPSA) is 35.5 Å². The normalized spacial score (nSPS) is 14.3. The zero-order valence-electron chi connectivity index (χ0n) is 6.73. The molecule has 0 rings (SSSR count). The maximum absolute atomic E-state index is 12.3. The Labute approximate surface area is 78.8 Å². The van der Waals surface area contributed by atoms with Crippen LogP contribution >= 0.6 is 7.91 Å². The average molecular weight is 264 g/mol. The summed E-state index contributed by atoms with van der Waals surface area (Å²) in [4.78, 5) is 0. The summed E-state index contributed by atoms with van der Waals surface area (Å²) in [6.07, 6.45) is -9.78. The Morgan fingerprint density at radius 2 is 1.20 bits per heavy atom. The largest absolute Gasteiger partial charge is 0.522 e. The predicted octanol–water partition coefficient (Wildman–Crippen LogP) is 3.22. The molecule has 0 atom stereocenters. The predicted molar refractivity (Wildman–Crippen MR) is 32.7 cm³/mol. The Morgan fingerprint density at radius 3 is 1.40 bits per heavy atom. The Kier molecular flexibility index (Phi) is 4.56. The third-order valence-electron chi connectivity index (χ3n) is 0.796. The minimum atomic E-state index is -6.45. The molecule has 0 aliphatic rings. The Balaban J connectivity index is 4.51. The van der Waals surface area contributed by atoms with Crippen molar-refractivity contribution in [2.24, 2.45) is 0 Å². The molecule has 0 aromatic heterocycles. The summed E-state index contributed by atoms with van der Waals surface area (Å²) < 4.78 is 97.7. The van der Waals surface area contributed by atoms with Crippen LogP contribution in [0.3, 0.4) is 0 Å². The zero-order chi connectivity index (χ0) is 12.3. The van der Waals surface area contributed by atoms with Crippen LogP contribution in [0.2, 0.25) is 0 Å². The molecule has 3 nitrogen and oxygen atoms in total. The van der Waals surface area contributed by atoms with Gasteiger partial charge in [-0.1, -0.05) is 0 Å². The van der Waals surface area contributed by atoms with Gasteiger partial charge in [0.1, 0.15) is 0 Å². The molecule has 0 spiro atoms. The maximum Gasteiger partial charge on any atom is 0.522 e. The van der Waals surface area contributed by atoms with Crippen molar-refractivity contribution in [2.45, 2.75) is 12.2 Å². The second-order valence-electron chi connectivity index (χ2n) is 2.16. The van der Waals surface area contributed by atoms with Crippen LogP contribution in [0.4, 0.5) is 30.5 Å². The van der Waals surface area contributed by atoms with Crippen molar-refractivity contribution in [1.29, 1.82) is 0 Å². The van der Waals surface area contributed by atoms with Gasteiger partial charge in [0.2, 0.25) is 0 Å². The van der Waals surface area contributed by atoms with Crippen LogP contribution in [0.15, 0.2) is 0 Å². The van der Waals surface area contributed by atoms with Crippen molar-refractivity contribution in [3.63, 3.8) is 0 Å². The molecule has 0 aliphatic carbocycles. The summed E-state index contributed by atoms with van der Waals surface area (Å²) in [6.45, 7) is -5.21. The van der Waals surface area contributed by atoms with Crippen LogP contribution < -0.4 is 0 Å². The molecule has 0 heterocycles. The van der Waals surface area contributed by atoms with Crippen molar-refractivity contribution >= 4 is 7.91 Å². The van der Waals surface area contributed by atoms with Crippen molar-refractivity contribution in [3.05, 3.63) is 0 Å². The number of hydrogen-bond donors (Lipinski definition) is 0. The van der Waals surface area contributed by atoms with Crippen molar-refractivity contribution in [3.8, 4) is 0 Å². The van der Waals surface area contributed by atoms with Gasteiger partial charge in [-0.05, 0) is 0 Å². The van der Waals surface area contributed by atoms with E-state index in [2.05, 4.69) is 9.05 Å². The van der Waals surface area contributed by atoms with E-state index in [9.17, 15) is 35.1 Å². The van der Waals surface area contributed by atoms with Gasteiger partial charge in [0.15, 0.2) is 13.3 Å². The van der Waals surface area contributed by atoms with Gasteiger partial charge in [-0.2, -0.15) is 17.6 Å². The second-order valence-corrected chi connectivity index (χ2v) is 3.38. The van der Waals surface area contributed by atoms with E-state index in [1.54, 1.807) is 0 Å². The molecule has 0 N–H and O–H groups in total. The highest BCUT2D eigenvalue weighted by molar-refractivity contribution is 7.48. The molecular formula is C4H4F7O3P. The molecular weight excluding hydrogens is 260 g/mol. The highest BCUT2D eigenvalue weighted by Gasteiger charge is 2.48. The molecule has 0 saturated carbocycles. The highest BCUT2D eigenvalue weighted by atomic mass is 31.2. The van der Waals surface area contributed by atoms with Crippen LogP contribution in [0, 0.1) is 0 Å². The molecule has 0 aromatic carbocycles. The summed E-state index contributed by atoms with van der Waals surface area (Å²) in [6, 6.07) is 0. The van der Waals surface area contributed by atoms with Gasteiger partial charge in [-0.25, -0.2) is 22.4 Å². The summed E-state index contributed by atoms with van der Waals surface area (Å²) >= 11 is 0. The molecule has 0 bridgehead atoms. The molecule has 0 radical (unpaired) electrons. The minimum absolute atomic E-state index is 2.52. The van der Waals surface area contributed by atoms with Gasteiger partial charge in [-0.3, -0.25) is 0 Å². The van der Waals surface area contributed by atoms with Gasteiger partial charge in [0.05, 0.1) is 0 Å². The molecule has 0 aliphatic heterocycles. The standard InChI is InChI=1S/C4H4F7O3P/c5-1-3(7,8)13-15(11,12)14-4(9,10)2-6/h1-2H2. The monoisotopic (exact) mass is 264 g/mol. The fourth-order valence-corrected chi connectivity index (χ4v) is 1.16. The number of rotatable bonds is 6. The average Bonchev–Trinajstić information content (AvgIpc) is 2.00. The first-order valence-electron chi connectivity index (χ1n) is 3.12. The fourth-order valence-electron chi connectivity index (χ4n) is 0.386. The highest BCUT2D eigenvalue weighted by Crippen LogP contribution is 2.57. The van der Waals surface area contributed by atoms with E-state index < -0.39 is 33.5 Å². The van der Waals surface area contributed by atoms with E-state index in [-0.39, 0.29) is 0 Å². The number of hydrogen-bond acceptors (Lipinski definition) is 3. The van der Waals surface area contributed by atoms with Crippen molar-refractivity contribution < 1.29 is 44.2 Å². The first-order chi connectivity index (χ1) is 6.54. The van der Waals surface area contributed by atoms with Gasteiger partial charge in [0.25, 0.3) is 0 Å². The smallest absolute Gasteiger partial charge is 0.241 e. The van der Waals surface area contributed by atoms with E-state index >= 15 is 0 Å². The van der Waals surface area contributed by atoms with Crippen molar-refractivity contribution in [1.82, 2.24) is 0 Å². The second kappa shape index (κ2) is 4.67. The lowest BCUT2D eigenvalue weighted by Gasteiger charge is -2.18. The van der Waals surface area contributed by atoms with E-state index in [1.165, 1.54) is 0 Å². The lowest BCUT2D eigenvalue weighted by molar-refractivity contribution is -0.230. The fraction of sp³-hybridized carbons (Fsp3) is 1.00. The third kappa shape index (κ3) is 5.95. The van der Waals surface area contributed by atoms with Gasteiger partial charge >= 0.3 is 20.1 Å². The molecule has 0 fully saturated rings. The molecule has 92 valence electrons. The van der Waals surface area contributed by atoms with Crippen LogP contribution in [-0.2, 0) is 13.6 Å². The Bertz CT molecular complexity index is 235. The molecule has 11 heteroatoms. The minimum Gasteiger partial charge on any atom is -0.241 e. The van der Waals surface area contributed by atoms with Crippen LogP contribution in [-0.4, -0.2) is 25.6 Å². The van der Waals surface area contributed by atoms with Crippen LogP contribution in [0.25, 0.3) is 0 Å². The quantitative estimate of drug-likeness (QED) is 0.545. The maximum atomic E-state index is 12.3. The lowest BCUT2D eigenvalue weighted by atomic mass is 10.7. The molecule has 0 saturated heterocycles. The SMILES string of the molecule is O=P(F)(OC(F)(F)CF)OC(F)(F)CF. The number of halogens is 7. The molecule has 0 unspecified atom stereocenters. The first kappa shape index (κ1) is 14.7. The summed E-state index contributed by atoms with van der Waals surface area (Å²) in [5.41, 5.74) is 0. The molecule has 0 amide bonds. The Morgan fingerprint density at radius 1 is 0.933 bits per heavy atom. The first-order valence-corrected chi connectivity index (χ1v) is 4.56. The molecule has 0 aromatic rings. The van der Waals surface area contributed by atoms with E-state index in [0.29, 0.717) is 0 Å². The summed E-state index contributed by atoms with van der Waals surface area (Å²) in [7, 11) is -6.45. The third-order valence-corrected chi connectivity index (χ3v) is 1.77. The zero-order valence-corrected chi connectivity index (χ0v) is 7.63. The Hall–Kier alpha value is -0.340. The van der Waals surface area contributed by atoms with Crippen molar-refractivity contribution in [2.75, 3.05) is 13.3 Å².